The van der Waals surface area contributed by atoms with E-state index >= 15 is 0 Å². The van der Waals surface area contributed by atoms with Crippen molar-refractivity contribution < 1.29 is 9.53 Å². The Hall–Kier alpha value is -0.880. The first kappa shape index (κ1) is 17.2. The number of methoxy groups -OCH3 is 1. The zero-order valence-electron chi connectivity index (χ0n) is 11.1. The summed E-state index contributed by atoms with van der Waals surface area (Å²) in [6.45, 7) is 1.31. The van der Waals surface area contributed by atoms with Gasteiger partial charge in [0.1, 0.15) is 0 Å². The van der Waals surface area contributed by atoms with Gasteiger partial charge in [0.05, 0.1) is 11.6 Å². The molecule has 0 atom stereocenters. The smallest absolute Gasteiger partial charge is 0.254 e. The van der Waals surface area contributed by atoms with Gasteiger partial charge in [0, 0.05) is 42.2 Å². The molecule has 0 spiro atoms. The van der Waals surface area contributed by atoms with Gasteiger partial charge in [-0.3, -0.25) is 4.79 Å². The van der Waals surface area contributed by atoms with Crippen molar-refractivity contribution in [2.45, 2.75) is 6.42 Å². The van der Waals surface area contributed by atoms with Crippen molar-refractivity contribution in [2.24, 2.45) is 5.73 Å². The predicted molar refractivity (Wildman–Crippen MR) is 85.6 cm³/mol. The standard InChI is InChI=1S/C13H16Cl2N2O2S/c1-19-5-4-17(3-2-12(16)20)13(18)9-6-10(14)8-11(15)7-9/h6-8H,2-5H2,1H3,(H2,16,20). The van der Waals surface area contributed by atoms with Crippen molar-refractivity contribution in [1.29, 1.82) is 0 Å². The lowest BCUT2D eigenvalue weighted by molar-refractivity contribution is 0.0701. The molecule has 0 heterocycles. The maximum absolute atomic E-state index is 12.4. The third-order valence-corrected chi connectivity index (χ3v) is 3.23. The van der Waals surface area contributed by atoms with Crippen LogP contribution in [0.15, 0.2) is 18.2 Å². The molecule has 1 aromatic carbocycles. The van der Waals surface area contributed by atoms with E-state index in [0.717, 1.165) is 0 Å². The minimum absolute atomic E-state index is 0.178. The average molecular weight is 335 g/mol. The van der Waals surface area contributed by atoms with Crippen LogP contribution in [-0.2, 0) is 4.74 Å². The maximum atomic E-state index is 12.4. The molecule has 7 heteroatoms. The van der Waals surface area contributed by atoms with Crippen molar-refractivity contribution in [2.75, 3.05) is 26.8 Å². The van der Waals surface area contributed by atoms with Crippen molar-refractivity contribution in [3.05, 3.63) is 33.8 Å². The minimum atomic E-state index is -0.178. The summed E-state index contributed by atoms with van der Waals surface area (Å²) in [7, 11) is 1.58. The van der Waals surface area contributed by atoms with Crippen LogP contribution >= 0.6 is 35.4 Å². The average Bonchev–Trinajstić information content (AvgIpc) is 2.36. The number of thiocarbonyl (C=S) groups is 1. The van der Waals surface area contributed by atoms with E-state index in [9.17, 15) is 4.79 Å². The van der Waals surface area contributed by atoms with Crippen molar-refractivity contribution in [3.63, 3.8) is 0 Å². The predicted octanol–water partition coefficient (Wildman–Crippen LogP) is 2.76. The Balaban J connectivity index is 2.87. The molecule has 0 saturated heterocycles. The number of nitrogens with two attached hydrogens (primary N) is 1. The van der Waals surface area contributed by atoms with E-state index in [1.54, 1.807) is 30.2 Å². The van der Waals surface area contributed by atoms with Gasteiger partial charge in [-0.1, -0.05) is 35.4 Å². The number of benzene rings is 1. The number of rotatable bonds is 7. The topological polar surface area (TPSA) is 55.6 Å². The number of halogens is 2. The van der Waals surface area contributed by atoms with Crippen molar-refractivity contribution in [1.82, 2.24) is 4.90 Å². The second-order valence-corrected chi connectivity index (χ2v) is 5.56. The molecule has 2 N–H and O–H groups in total. The molecule has 0 aliphatic rings. The first-order valence-electron chi connectivity index (χ1n) is 5.96. The Bertz CT molecular complexity index is 477. The normalized spacial score (nSPS) is 10.3. The van der Waals surface area contributed by atoms with E-state index in [2.05, 4.69) is 0 Å². The van der Waals surface area contributed by atoms with Crippen LogP contribution in [0.5, 0.6) is 0 Å². The van der Waals surface area contributed by atoms with Crippen LogP contribution in [0.25, 0.3) is 0 Å². The van der Waals surface area contributed by atoms with E-state index < -0.39 is 0 Å². The van der Waals surface area contributed by atoms with Gasteiger partial charge in [-0.05, 0) is 18.2 Å². The molecular formula is C13H16Cl2N2O2S. The summed E-state index contributed by atoms with van der Waals surface area (Å²) < 4.78 is 5.00. The van der Waals surface area contributed by atoms with Gasteiger partial charge in [-0.2, -0.15) is 0 Å². The molecular weight excluding hydrogens is 319 g/mol. The second kappa shape index (κ2) is 8.42. The fourth-order valence-electron chi connectivity index (χ4n) is 1.62. The summed E-state index contributed by atoms with van der Waals surface area (Å²) >= 11 is 16.7. The number of hydrogen-bond donors (Lipinski definition) is 1. The largest absolute Gasteiger partial charge is 0.393 e. The SMILES string of the molecule is COCCN(CCC(N)=S)C(=O)c1cc(Cl)cc(Cl)c1. The molecule has 1 aromatic rings. The molecule has 1 amide bonds. The zero-order valence-corrected chi connectivity index (χ0v) is 13.4. The fraction of sp³-hybridized carbons (Fsp3) is 0.385. The maximum Gasteiger partial charge on any atom is 0.254 e. The fourth-order valence-corrected chi connectivity index (χ4v) is 2.24. The summed E-state index contributed by atoms with van der Waals surface area (Å²) in [4.78, 5) is 14.4. The van der Waals surface area contributed by atoms with Gasteiger partial charge >= 0.3 is 0 Å². The highest BCUT2D eigenvalue weighted by Crippen LogP contribution is 2.20. The minimum Gasteiger partial charge on any atom is -0.393 e. The number of nitrogens with zero attached hydrogens (tertiary/aromatic N) is 1. The molecule has 0 aliphatic heterocycles. The van der Waals surface area contributed by atoms with E-state index in [-0.39, 0.29) is 5.91 Å². The summed E-state index contributed by atoms with van der Waals surface area (Å²) in [5.74, 6) is -0.178. The van der Waals surface area contributed by atoms with E-state index in [4.69, 9.17) is 45.9 Å². The second-order valence-electron chi connectivity index (χ2n) is 4.16. The lowest BCUT2D eigenvalue weighted by atomic mass is 10.2. The third kappa shape index (κ3) is 5.63. The summed E-state index contributed by atoms with van der Waals surface area (Å²) in [6, 6.07) is 4.74. The Morgan fingerprint density at radius 3 is 2.40 bits per heavy atom. The molecule has 0 aliphatic carbocycles. The molecule has 0 radical (unpaired) electrons. The van der Waals surface area contributed by atoms with E-state index in [1.165, 1.54) is 0 Å². The van der Waals surface area contributed by atoms with Crippen LogP contribution < -0.4 is 5.73 Å². The van der Waals surface area contributed by atoms with Crippen molar-refractivity contribution in [3.8, 4) is 0 Å². The highest BCUT2D eigenvalue weighted by molar-refractivity contribution is 7.80. The van der Waals surface area contributed by atoms with Gasteiger partial charge in [0.25, 0.3) is 5.91 Å². The highest BCUT2D eigenvalue weighted by atomic mass is 35.5. The number of carbonyl (C=O) groups excluding carboxylic acids is 1. The van der Waals surface area contributed by atoms with Crippen molar-refractivity contribution >= 4 is 46.3 Å². The highest BCUT2D eigenvalue weighted by Gasteiger charge is 2.16. The first-order valence-corrected chi connectivity index (χ1v) is 7.13. The molecule has 0 unspecified atom stereocenters. The molecule has 110 valence electrons. The lowest BCUT2D eigenvalue weighted by Gasteiger charge is -2.22. The number of amides is 1. The number of hydrogen-bond acceptors (Lipinski definition) is 3. The van der Waals surface area contributed by atoms with Gasteiger partial charge in [-0.15, -0.1) is 0 Å². The third-order valence-electron chi connectivity index (χ3n) is 2.59. The Morgan fingerprint density at radius 1 is 1.30 bits per heavy atom. The molecule has 0 saturated carbocycles. The number of carbonyl (C=O) groups is 1. The molecule has 20 heavy (non-hydrogen) atoms. The molecule has 0 aromatic heterocycles. The summed E-state index contributed by atoms with van der Waals surface area (Å²) in [5, 5.41) is 0.837. The first-order chi connectivity index (χ1) is 9.43. The quantitative estimate of drug-likeness (QED) is 0.779. The van der Waals surface area contributed by atoms with E-state index in [1.807, 2.05) is 0 Å². The summed E-state index contributed by atoms with van der Waals surface area (Å²) in [6.07, 6.45) is 0.457. The van der Waals surface area contributed by atoms with E-state index in [0.29, 0.717) is 46.7 Å². The lowest BCUT2D eigenvalue weighted by Crippen LogP contribution is -2.36. The summed E-state index contributed by atoms with van der Waals surface area (Å²) in [5.41, 5.74) is 5.91. The van der Waals surface area contributed by atoms with Crippen LogP contribution in [0.4, 0.5) is 0 Å². The Morgan fingerprint density at radius 2 is 1.90 bits per heavy atom. The monoisotopic (exact) mass is 334 g/mol. The van der Waals surface area contributed by atoms with Crippen LogP contribution in [0.1, 0.15) is 16.8 Å². The van der Waals surface area contributed by atoms with Crippen LogP contribution in [0.2, 0.25) is 10.0 Å². The molecule has 0 bridgehead atoms. The zero-order chi connectivity index (χ0) is 15.1. The van der Waals surface area contributed by atoms with Gasteiger partial charge in [0.15, 0.2) is 0 Å². The van der Waals surface area contributed by atoms with Gasteiger partial charge in [-0.25, -0.2) is 0 Å². The molecule has 4 nitrogen and oxygen atoms in total. The Kier molecular flexibility index (Phi) is 7.23. The van der Waals surface area contributed by atoms with Gasteiger partial charge in [0.2, 0.25) is 0 Å². The molecule has 1 rings (SSSR count). The number of ether oxygens (including phenoxy) is 1. The van der Waals surface area contributed by atoms with Crippen LogP contribution in [0.3, 0.4) is 0 Å². The van der Waals surface area contributed by atoms with Crippen LogP contribution in [0, 0.1) is 0 Å². The Labute approximate surface area is 133 Å². The van der Waals surface area contributed by atoms with Gasteiger partial charge < -0.3 is 15.4 Å². The molecule has 0 fully saturated rings. The van der Waals surface area contributed by atoms with Crippen LogP contribution in [-0.4, -0.2) is 42.6 Å².